The fourth-order valence-electron chi connectivity index (χ4n) is 0.495. The van der Waals surface area contributed by atoms with E-state index in [2.05, 4.69) is 9.79 Å². The number of carbonyl (C=O) groups is 1. The van der Waals surface area contributed by atoms with Crippen LogP contribution in [-0.4, -0.2) is 10.5 Å². The van der Waals surface area contributed by atoms with Crippen molar-refractivity contribution in [2.75, 3.05) is 0 Å². The van der Waals surface area contributed by atoms with Crippen molar-refractivity contribution in [3.63, 3.8) is 0 Å². The van der Waals surface area contributed by atoms with E-state index in [-0.39, 0.29) is 6.54 Å². The Morgan fingerprint density at radius 3 is 3.00 bits per heavy atom. The van der Waals surface area contributed by atoms with Gasteiger partial charge >= 0.3 is 5.63 Å². The molecule has 0 aromatic carbocycles. The summed E-state index contributed by atoms with van der Waals surface area (Å²) in [7, 11) is 0. The highest BCUT2D eigenvalue weighted by atomic mass is 35.5. The Balaban J connectivity index is 2.76. The number of hydrogen-bond acceptors (Lipinski definition) is 3. The van der Waals surface area contributed by atoms with Gasteiger partial charge in [-0.1, -0.05) is 4.68 Å². The minimum atomic E-state index is -0.568. The molecule has 6 heteroatoms. The summed E-state index contributed by atoms with van der Waals surface area (Å²) < 4.78 is 5.39. The third kappa shape index (κ3) is 1.70. The molecule has 0 aliphatic rings. The number of carbonyl (C=O) groups excluding carboxylic acids is 1. The topological polar surface area (TPSA) is 66.9 Å². The van der Waals surface area contributed by atoms with Crippen molar-refractivity contribution in [3.05, 3.63) is 16.6 Å². The van der Waals surface area contributed by atoms with Crippen molar-refractivity contribution in [2.24, 2.45) is 0 Å². The van der Waals surface area contributed by atoms with Crippen LogP contribution in [0.15, 0.2) is 15.5 Å². The van der Waals surface area contributed by atoms with Gasteiger partial charge in [-0.3, -0.25) is 9.32 Å². The second-order valence-corrected chi connectivity index (χ2v) is 2.05. The van der Waals surface area contributed by atoms with Crippen LogP contribution >= 0.6 is 11.6 Å². The van der Waals surface area contributed by atoms with E-state index in [4.69, 9.17) is 11.6 Å². The van der Waals surface area contributed by atoms with Gasteiger partial charge in [-0.05, 0) is 16.9 Å². The second kappa shape index (κ2) is 2.66. The lowest BCUT2D eigenvalue weighted by molar-refractivity contribution is -0.750. The number of rotatable bonds is 2. The first-order chi connectivity index (χ1) is 4.68. The molecule has 5 nitrogen and oxygen atoms in total. The first-order valence-corrected chi connectivity index (χ1v) is 2.82. The number of aromatic nitrogens is 2. The molecule has 0 bridgehead atoms. The minimum absolute atomic E-state index is 0.0900. The van der Waals surface area contributed by atoms with Crippen LogP contribution in [0, 0.1) is 0 Å². The Kier molecular flexibility index (Phi) is 1.86. The fourth-order valence-corrected chi connectivity index (χ4v) is 0.624. The summed E-state index contributed by atoms with van der Waals surface area (Å²) in [6, 6.07) is 0. The number of halogens is 1. The number of hydrogen-bond donors (Lipinski definition) is 1. The van der Waals surface area contributed by atoms with E-state index in [9.17, 15) is 9.59 Å². The van der Waals surface area contributed by atoms with E-state index in [1.165, 1.54) is 0 Å². The molecular formula is C4H4ClN2O3+. The van der Waals surface area contributed by atoms with Crippen molar-refractivity contribution in [3.8, 4) is 0 Å². The van der Waals surface area contributed by atoms with Gasteiger partial charge in [0.15, 0.2) is 0 Å². The van der Waals surface area contributed by atoms with Crippen LogP contribution < -0.4 is 10.3 Å². The van der Waals surface area contributed by atoms with E-state index < -0.39 is 10.9 Å². The van der Waals surface area contributed by atoms with Crippen LogP contribution in [0.5, 0.6) is 0 Å². The lowest BCUT2D eigenvalue weighted by Gasteiger charge is -1.77. The molecular weight excluding hydrogens is 160 g/mol. The zero-order valence-electron chi connectivity index (χ0n) is 4.83. The largest absolute Gasteiger partial charge is 0.426 e. The Hall–Kier alpha value is -1.10. The van der Waals surface area contributed by atoms with Crippen molar-refractivity contribution < 1.29 is 14.0 Å². The molecule has 0 saturated carbocycles. The molecule has 0 atom stereocenters. The molecule has 1 N–H and O–H groups in total. The standard InChI is InChI=1S/C4H3ClN2O3/c5-3(8)1-7-2-4(9)10-6-7/h2H,1H2/p+1. The summed E-state index contributed by atoms with van der Waals surface area (Å²) in [6.07, 6.45) is 1.10. The van der Waals surface area contributed by atoms with Crippen LogP contribution in [0.1, 0.15) is 0 Å². The summed E-state index contributed by atoms with van der Waals surface area (Å²) in [6.45, 7) is -0.0900. The predicted octanol–water partition coefficient (Wildman–Crippen LogP) is -0.979. The molecule has 0 aliphatic carbocycles. The van der Waals surface area contributed by atoms with E-state index in [1.807, 2.05) is 0 Å². The van der Waals surface area contributed by atoms with Gasteiger partial charge in [0.25, 0.3) is 11.4 Å². The number of nitrogens with one attached hydrogen (secondary N) is 1. The Bertz CT molecular complexity index is 289. The molecule has 1 heterocycles. The lowest BCUT2D eigenvalue weighted by atomic mass is 10.7. The predicted molar refractivity (Wildman–Crippen MR) is 30.4 cm³/mol. The van der Waals surface area contributed by atoms with Gasteiger partial charge in [-0.25, -0.2) is 4.79 Å². The third-order valence-corrected chi connectivity index (χ3v) is 0.939. The average molecular weight is 164 g/mol. The van der Waals surface area contributed by atoms with E-state index in [1.54, 1.807) is 0 Å². The van der Waals surface area contributed by atoms with Crippen LogP contribution in [0.25, 0.3) is 0 Å². The van der Waals surface area contributed by atoms with Crippen LogP contribution in [0.3, 0.4) is 0 Å². The van der Waals surface area contributed by atoms with E-state index in [0.29, 0.717) is 0 Å². The average Bonchev–Trinajstić information content (AvgIpc) is 2.13. The van der Waals surface area contributed by atoms with E-state index >= 15 is 0 Å². The maximum atomic E-state index is 10.3. The summed E-state index contributed by atoms with van der Waals surface area (Å²) in [5, 5.41) is 1.59. The minimum Gasteiger partial charge on any atom is -0.284 e. The highest BCUT2D eigenvalue weighted by molar-refractivity contribution is 6.63. The molecule has 54 valence electrons. The maximum absolute atomic E-state index is 10.3. The van der Waals surface area contributed by atoms with Crippen molar-refractivity contribution in [2.45, 2.75) is 6.54 Å². The second-order valence-electron chi connectivity index (χ2n) is 1.62. The molecule has 1 aromatic heterocycles. The molecule has 0 spiro atoms. The quantitative estimate of drug-likeness (QED) is 0.450. The Morgan fingerprint density at radius 2 is 2.60 bits per heavy atom. The lowest BCUT2D eigenvalue weighted by Crippen LogP contribution is -2.38. The van der Waals surface area contributed by atoms with Crippen molar-refractivity contribution in [1.29, 1.82) is 0 Å². The number of aromatic amines is 1. The molecule has 0 unspecified atom stereocenters. The molecule has 0 amide bonds. The fraction of sp³-hybridized carbons (Fsp3) is 0.250. The smallest absolute Gasteiger partial charge is 0.284 e. The van der Waals surface area contributed by atoms with Gasteiger partial charge in [-0.2, -0.15) is 0 Å². The Labute approximate surface area is 60.2 Å². The van der Waals surface area contributed by atoms with Crippen LogP contribution in [0.4, 0.5) is 0 Å². The maximum Gasteiger partial charge on any atom is 0.426 e. The van der Waals surface area contributed by atoms with Gasteiger partial charge in [0, 0.05) is 0 Å². The van der Waals surface area contributed by atoms with Crippen LogP contribution in [0.2, 0.25) is 0 Å². The van der Waals surface area contributed by atoms with Gasteiger partial charge in [0.05, 0.1) is 0 Å². The number of nitrogens with zero attached hydrogens (tertiary/aromatic N) is 1. The first-order valence-electron chi connectivity index (χ1n) is 2.45. The molecule has 1 rings (SSSR count). The summed E-state index contributed by atoms with van der Waals surface area (Å²) in [4.78, 5) is 20.5. The molecule has 0 fully saturated rings. The molecule has 0 saturated heterocycles. The molecule has 10 heavy (non-hydrogen) atoms. The first kappa shape index (κ1) is 7.01. The van der Waals surface area contributed by atoms with Crippen molar-refractivity contribution in [1.82, 2.24) is 5.27 Å². The van der Waals surface area contributed by atoms with Gasteiger partial charge in [-0.15, -0.1) is 0 Å². The summed E-state index contributed by atoms with van der Waals surface area (Å²) >= 11 is 5.00. The van der Waals surface area contributed by atoms with Gasteiger partial charge < -0.3 is 0 Å². The third-order valence-electron chi connectivity index (χ3n) is 0.819. The summed E-state index contributed by atoms with van der Waals surface area (Å²) in [5.41, 5.74) is -0.544. The molecule has 1 aromatic rings. The normalized spacial score (nSPS) is 9.70. The molecule has 0 radical (unpaired) electrons. The number of H-pyrrole nitrogens is 1. The SMILES string of the molecule is O=C(Cl)C[n+]1cc(=O)o[nH]1. The zero-order valence-corrected chi connectivity index (χ0v) is 5.59. The molecule has 0 aliphatic heterocycles. The highest BCUT2D eigenvalue weighted by Gasteiger charge is 2.09. The van der Waals surface area contributed by atoms with Gasteiger partial charge in [0.2, 0.25) is 6.54 Å². The summed E-state index contributed by atoms with van der Waals surface area (Å²) in [5.74, 6) is 0. The van der Waals surface area contributed by atoms with Crippen LogP contribution in [-0.2, 0) is 11.3 Å². The van der Waals surface area contributed by atoms with Crippen molar-refractivity contribution >= 4 is 16.8 Å². The monoisotopic (exact) mass is 163 g/mol. The van der Waals surface area contributed by atoms with Gasteiger partial charge in [0.1, 0.15) is 0 Å². The highest BCUT2D eigenvalue weighted by Crippen LogP contribution is 1.75. The Morgan fingerprint density at radius 1 is 1.90 bits per heavy atom. The zero-order chi connectivity index (χ0) is 7.56. The van der Waals surface area contributed by atoms with E-state index in [0.717, 1.165) is 10.9 Å².